The van der Waals surface area contributed by atoms with Gasteiger partial charge in [-0.25, -0.2) is 9.18 Å². The quantitative estimate of drug-likeness (QED) is 0.678. The van der Waals surface area contributed by atoms with Gasteiger partial charge < -0.3 is 14.5 Å². The number of rotatable bonds is 4. The second-order valence-corrected chi connectivity index (χ2v) is 8.79. The van der Waals surface area contributed by atoms with Crippen molar-refractivity contribution in [2.24, 2.45) is 0 Å². The second-order valence-electron chi connectivity index (χ2n) is 8.79. The van der Waals surface area contributed by atoms with Crippen molar-refractivity contribution in [3.63, 3.8) is 0 Å². The Morgan fingerprint density at radius 1 is 1.07 bits per heavy atom. The van der Waals surface area contributed by atoms with Gasteiger partial charge in [0.05, 0.1) is 0 Å². The van der Waals surface area contributed by atoms with Crippen LogP contribution in [-0.4, -0.2) is 35.7 Å². The molecule has 29 heavy (non-hydrogen) atoms. The Morgan fingerprint density at radius 2 is 1.66 bits per heavy atom. The molecule has 1 aliphatic rings. The van der Waals surface area contributed by atoms with Gasteiger partial charge in [-0.1, -0.05) is 29.8 Å². The number of benzene rings is 2. The third kappa shape index (κ3) is 5.96. The third-order valence-corrected chi connectivity index (χ3v) is 5.19. The number of halogens is 1. The number of hydrogen-bond acceptors (Lipinski definition) is 3. The molecule has 0 unspecified atom stereocenters. The Bertz CT molecular complexity index is 804. The van der Waals surface area contributed by atoms with Crippen molar-refractivity contribution in [2.45, 2.75) is 58.7 Å². The normalized spacial score (nSPS) is 15.3. The Kier molecular flexibility index (Phi) is 6.46. The van der Waals surface area contributed by atoms with E-state index < -0.39 is 5.60 Å². The molecule has 1 aliphatic heterocycles. The number of likely N-dealkylation sites (tertiary alicyclic amines) is 1. The molecule has 1 heterocycles. The average Bonchev–Trinajstić information content (AvgIpc) is 2.67. The molecule has 0 atom stereocenters. The largest absolute Gasteiger partial charge is 0.444 e. The van der Waals surface area contributed by atoms with E-state index in [1.165, 1.54) is 17.7 Å². The molecule has 5 heteroatoms. The summed E-state index contributed by atoms with van der Waals surface area (Å²) in [6, 6.07) is 15.5. The van der Waals surface area contributed by atoms with Gasteiger partial charge in [-0.15, -0.1) is 0 Å². The van der Waals surface area contributed by atoms with Crippen LogP contribution in [0.25, 0.3) is 0 Å². The average molecular weight is 399 g/mol. The van der Waals surface area contributed by atoms with Crippen LogP contribution in [0.4, 0.5) is 14.9 Å². The van der Waals surface area contributed by atoms with Gasteiger partial charge in [0.15, 0.2) is 0 Å². The highest BCUT2D eigenvalue weighted by Gasteiger charge is 2.29. The molecule has 0 spiro atoms. The molecular formula is C24H31FN2O2. The SMILES string of the molecule is Cc1ccc(N(Cc2ccc(F)cc2)C2CCN(C(=O)OC(C)(C)C)CC2)cc1. The summed E-state index contributed by atoms with van der Waals surface area (Å²) in [5.41, 5.74) is 2.96. The standard InChI is InChI=1S/C24H31FN2O2/c1-18-5-11-21(12-6-18)27(17-19-7-9-20(25)10-8-19)22-13-15-26(16-14-22)23(28)29-24(2,3)4/h5-12,22H,13-17H2,1-4H3. The maximum absolute atomic E-state index is 13.3. The van der Waals surface area contributed by atoms with E-state index in [1.807, 2.05) is 32.9 Å². The van der Waals surface area contributed by atoms with Crippen molar-refractivity contribution in [1.82, 2.24) is 4.90 Å². The lowest BCUT2D eigenvalue weighted by atomic mass is 10.0. The number of nitrogens with zero attached hydrogens (tertiary/aromatic N) is 2. The summed E-state index contributed by atoms with van der Waals surface area (Å²) < 4.78 is 18.8. The van der Waals surface area contributed by atoms with Gasteiger partial charge in [0.2, 0.25) is 0 Å². The summed E-state index contributed by atoms with van der Waals surface area (Å²) in [5.74, 6) is -0.221. The first-order chi connectivity index (χ1) is 13.7. The molecule has 0 radical (unpaired) electrons. The van der Waals surface area contributed by atoms with Crippen LogP contribution in [0, 0.1) is 12.7 Å². The first-order valence-corrected chi connectivity index (χ1v) is 10.3. The zero-order chi connectivity index (χ0) is 21.0. The van der Waals surface area contributed by atoms with Crippen LogP contribution < -0.4 is 4.90 Å². The van der Waals surface area contributed by atoms with Crippen molar-refractivity contribution in [1.29, 1.82) is 0 Å². The topological polar surface area (TPSA) is 32.8 Å². The maximum Gasteiger partial charge on any atom is 0.410 e. The Morgan fingerprint density at radius 3 is 2.21 bits per heavy atom. The summed E-state index contributed by atoms with van der Waals surface area (Å²) >= 11 is 0. The zero-order valence-electron chi connectivity index (χ0n) is 17.8. The first kappa shape index (κ1) is 21.2. The lowest BCUT2D eigenvalue weighted by molar-refractivity contribution is 0.0204. The van der Waals surface area contributed by atoms with Crippen molar-refractivity contribution < 1.29 is 13.9 Å². The van der Waals surface area contributed by atoms with E-state index in [0.717, 1.165) is 24.1 Å². The highest BCUT2D eigenvalue weighted by molar-refractivity contribution is 5.68. The molecule has 3 rings (SSSR count). The first-order valence-electron chi connectivity index (χ1n) is 10.3. The second kappa shape index (κ2) is 8.85. The summed E-state index contributed by atoms with van der Waals surface area (Å²) in [4.78, 5) is 16.5. The summed E-state index contributed by atoms with van der Waals surface area (Å²) in [6.45, 7) is 9.79. The van der Waals surface area contributed by atoms with Crippen LogP contribution in [0.1, 0.15) is 44.7 Å². The van der Waals surface area contributed by atoms with Crippen LogP contribution in [0.3, 0.4) is 0 Å². The number of carbonyl (C=O) groups excluding carboxylic acids is 1. The van der Waals surface area contributed by atoms with E-state index in [-0.39, 0.29) is 11.9 Å². The van der Waals surface area contributed by atoms with Gasteiger partial charge >= 0.3 is 6.09 Å². The summed E-state index contributed by atoms with van der Waals surface area (Å²) in [7, 11) is 0. The Hall–Kier alpha value is -2.56. The highest BCUT2D eigenvalue weighted by Crippen LogP contribution is 2.27. The number of aryl methyl sites for hydroxylation is 1. The maximum atomic E-state index is 13.3. The predicted molar refractivity (Wildman–Crippen MR) is 115 cm³/mol. The molecule has 1 saturated heterocycles. The molecule has 0 saturated carbocycles. The number of anilines is 1. The summed E-state index contributed by atoms with van der Waals surface area (Å²) in [6.07, 6.45) is 1.50. The van der Waals surface area contributed by atoms with E-state index in [1.54, 1.807) is 4.90 Å². The monoisotopic (exact) mass is 398 g/mol. The minimum absolute atomic E-state index is 0.221. The van der Waals surface area contributed by atoms with Gasteiger partial charge in [-0.3, -0.25) is 0 Å². The minimum atomic E-state index is -0.482. The molecule has 4 nitrogen and oxygen atoms in total. The molecule has 0 N–H and O–H groups in total. The van der Waals surface area contributed by atoms with E-state index in [4.69, 9.17) is 4.74 Å². The van der Waals surface area contributed by atoms with E-state index in [9.17, 15) is 9.18 Å². The Labute approximate surface area is 173 Å². The summed E-state index contributed by atoms with van der Waals surface area (Å²) in [5, 5.41) is 0. The fraction of sp³-hybridized carbons (Fsp3) is 0.458. The molecule has 0 aromatic heterocycles. The number of hydrogen-bond donors (Lipinski definition) is 0. The van der Waals surface area contributed by atoms with E-state index in [0.29, 0.717) is 25.7 Å². The molecule has 0 aliphatic carbocycles. The van der Waals surface area contributed by atoms with Gasteiger partial charge in [-0.05, 0) is 70.4 Å². The fourth-order valence-corrected chi connectivity index (χ4v) is 3.64. The number of piperidine rings is 1. The zero-order valence-corrected chi connectivity index (χ0v) is 17.8. The van der Waals surface area contributed by atoms with Gasteiger partial charge in [-0.2, -0.15) is 0 Å². The van der Waals surface area contributed by atoms with Gasteiger partial charge in [0.1, 0.15) is 11.4 Å². The van der Waals surface area contributed by atoms with Crippen LogP contribution in [0.2, 0.25) is 0 Å². The van der Waals surface area contributed by atoms with Crippen LogP contribution >= 0.6 is 0 Å². The lowest BCUT2D eigenvalue weighted by Gasteiger charge is -2.40. The number of ether oxygens (including phenoxy) is 1. The van der Waals surface area contributed by atoms with Gasteiger partial charge in [0.25, 0.3) is 0 Å². The van der Waals surface area contributed by atoms with E-state index >= 15 is 0 Å². The number of amides is 1. The molecular weight excluding hydrogens is 367 g/mol. The van der Waals surface area contributed by atoms with Crippen molar-refractivity contribution in [3.8, 4) is 0 Å². The lowest BCUT2D eigenvalue weighted by Crippen LogP contribution is -2.48. The molecule has 156 valence electrons. The van der Waals surface area contributed by atoms with Gasteiger partial charge in [0, 0.05) is 31.4 Å². The molecule has 2 aromatic rings. The molecule has 1 fully saturated rings. The number of carbonyl (C=O) groups is 1. The van der Waals surface area contributed by atoms with Crippen molar-refractivity contribution >= 4 is 11.8 Å². The highest BCUT2D eigenvalue weighted by atomic mass is 19.1. The van der Waals surface area contributed by atoms with Crippen LogP contribution in [0.15, 0.2) is 48.5 Å². The predicted octanol–water partition coefficient (Wildman–Crippen LogP) is 5.54. The van der Waals surface area contributed by atoms with Crippen LogP contribution in [0.5, 0.6) is 0 Å². The molecule has 1 amide bonds. The molecule has 0 bridgehead atoms. The van der Waals surface area contributed by atoms with Crippen molar-refractivity contribution in [2.75, 3.05) is 18.0 Å². The minimum Gasteiger partial charge on any atom is -0.444 e. The fourth-order valence-electron chi connectivity index (χ4n) is 3.64. The Balaban J connectivity index is 1.72. The third-order valence-electron chi connectivity index (χ3n) is 5.19. The molecule has 2 aromatic carbocycles. The van der Waals surface area contributed by atoms with Crippen molar-refractivity contribution in [3.05, 3.63) is 65.5 Å². The van der Waals surface area contributed by atoms with Crippen LogP contribution in [-0.2, 0) is 11.3 Å². The van der Waals surface area contributed by atoms with E-state index in [2.05, 4.69) is 36.1 Å². The smallest absolute Gasteiger partial charge is 0.410 e.